The Balaban J connectivity index is 2.60. The molecule has 0 radical (unpaired) electrons. The summed E-state index contributed by atoms with van der Waals surface area (Å²) in [5.41, 5.74) is 2.13. The molecule has 0 unspecified atom stereocenters. The van der Waals surface area contributed by atoms with E-state index >= 15 is 0 Å². The van der Waals surface area contributed by atoms with E-state index in [-0.39, 0.29) is 6.73 Å². The van der Waals surface area contributed by atoms with Crippen LogP contribution >= 0.6 is 0 Å². The van der Waals surface area contributed by atoms with E-state index in [1.807, 2.05) is 24.3 Å². The Bertz CT molecular complexity index is 567. The fourth-order valence-electron chi connectivity index (χ4n) is 1.76. The molecule has 0 aliphatic rings. The quantitative estimate of drug-likeness (QED) is 0.873. The van der Waals surface area contributed by atoms with Gasteiger partial charge < -0.3 is 14.4 Å². The number of aromatic nitrogens is 1. The molecule has 1 N–H and O–H groups in total. The third-order valence-electron chi connectivity index (χ3n) is 2.56. The van der Waals surface area contributed by atoms with Crippen molar-refractivity contribution in [2.24, 2.45) is 0 Å². The lowest BCUT2D eigenvalue weighted by molar-refractivity contribution is 0.211. The van der Waals surface area contributed by atoms with Crippen LogP contribution in [0.4, 0.5) is 0 Å². The summed E-state index contributed by atoms with van der Waals surface area (Å²) in [5.74, 6) is 0.708. The van der Waals surface area contributed by atoms with Gasteiger partial charge in [0.2, 0.25) is 0 Å². The predicted molar refractivity (Wildman–Crippen MR) is 63.4 cm³/mol. The Morgan fingerprint density at radius 1 is 1.29 bits per heavy atom. The van der Waals surface area contributed by atoms with E-state index in [2.05, 4.69) is 6.07 Å². The minimum absolute atomic E-state index is 0.149. The van der Waals surface area contributed by atoms with Crippen molar-refractivity contribution < 1.29 is 9.84 Å². The summed E-state index contributed by atoms with van der Waals surface area (Å²) in [6, 6.07) is 9.59. The molecule has 86 valence electrons. The van der Waals surface area contributed by atoms with Gasteiger partial charge in [-0.25, -0.2) is 0 Å². The van der Waals surface area contributed by atoms with Gasteiger partial charge >= 0.3 is 0 Å². The van der Waals surface area contributed by atoms with Crippen LogP contribution < -0.4 is 4.74 Å². The largest absolute Gasteiger partial charge is 0.496 e. The number of ether oxygens (including phenoxy) is 1. The van der Waals surface area contributed by atoms with E-state index in [0.717, 1.165) is 11.1 Å². The van der Waals surface area contributed by atoms with Crippen molar-refractivity contribution >= 4 is 0 Å². The topological polar surface area (TPSA) is 58.2 Å². The summed E-state index contributed by atoms with van der Waals surface area (Å²) in [6.07, 6.45) is 3.35. The number of aliphatic hydroxyl groups is 1. The summed E-state index contributed by atoms with van der Waals surface area (Å²) in [7, 11) is 1.59. The van der Waals surface area contributed by atoms with E-state index in [9.17, 15) is 0 Å². The molecule has 0 spiro atoms. The van der Waals surface area contributed by atoms with Crippen LogP contribution in [0.1, 0.15) is 5.56 Å². The Morgan fingerprint density at radius 2 is 2.06 bits per heavy atom. The Morgan fingerprint density at radius 3 is 2.71 bits per heavy atom. The van der Waals surface area contributed by atoms with Gasteiger partial charge in [0.15, 0.2) is 0 Å². The molecule has 0 saturated heterocycles. The number of nitriles is 1. The van der Waals surface area contributed by atoms with E-state index in [4.69, 9.17) is 15.1 Å². The van der Waals surface area contributed by atoms with Crippen LogP contribution in [0.15, 0.2) is 36.7 Å². The van der Waals surface area contributed by atoms with Gasteiger partial charge in [0.1, 0.15) is 18.5 Å². The normalized spacial score (nSPS) is 9.94. The van der Waals surface area contributed by atoms with Crippen molar-refractivity contribution in [2.45, 2.75) is 6.73 Å². The first-order valence-electron chi connectivity index (χ1n) is 5.14. The van der Waals surface area contributed by atoms with Crippen molar-refractivity contribution in [2.75, 3.05) is 7.11 Å². The number of rotatable bonds is 3. The van der Waals surface area contributed by atoms with Crippen molar-refractivity contribution in [3.63, 3.8) is 0 Å². The molecule has 0 aliphatic carbocycles. The predicted octanol–water partition coefficient (Wildman–Crippen LogP) is 1.99. The molecule has 0 saturated carbocycles. The first-order valence-corrected chi connectivity index (χ1v) is 5.14. The van der Waals surface area contributed by atoms with Crippen LogP contribution in [0, 0.1) is 11.3 Å². The number of nitrogens with zero attached hydrogens (tertiary/aromatic N) is 2. The highest BCUT2D eigenvalue weighted by Crippen LogP contribution is 2.32. The first kappa shape index (κ1) is 11.2. The third-order valence-corrected chi connectivity index (χ3v) is 2.56. The molecule has 17 heavy (non-hydrogen) atoms. The molecular weight excluding hydrogens is 216 g/mol. The minimum Gasteiger partial charge on any atom is -0.496 e. The van der Waals surface area contributed by atoms with Gasteiger partial charge in [-0.3, -0.25) is 0 Å². The molecular formula is C13H12N2O2. The second kappa shape index (κ2) is 4.73. The Kier molecular flexibility index (Phi) is 3.12. The van der Waals surface area contributed by atoms with Crippen molar-refractivity contribution in [3.8, 4) is 22.9 Å². The van der Waals surface area contributed by atoms with Crippen LogP contribution in [0.25, 0.3) is 11.1 Å². The third kappa shape index (κ3) is 2.01. The highest BCUT2D eigenvalue weighted by Gasteiger charge is 2.12. The van der Waals surface area contributed by atoms with Crippen molar-refractivity contribution in [3.05, 3.63) is 42.2 Å². The second-order valence-corrected chi connectivity index (χ2v) is 3.55. The smallest absolute Gasteiger partial charge is 0.126 e. The monoisotopic (exact) mass is 228 g/mol. The minimum atomic E-state index is -0.149. The molecule has 1 aromatic carbocycles. The van der Waals surface area contributed by atoms with Gasteiger partial charge in [0.25, 0.3) is 0 Å². The van der Waals surface area contributed by atoms with Crippen LogP contribution in [-0.2, 0) is 6.73 Å². The van der Waals surface area contributed by atoms with E-state index in [0.29, 0.717) is 11.3 Å². The fraction of sp³-hybridized carbons (Fsp3) is 0.154. The van der Waals surface area contributed by atoms with Crippen LogP contribution in [-0.4, -0.2) is 16.8 Å². The molecule has 4 nitrogen and oxygen atoms in total. The molecule has 4 heteroatoms. The molecule has 1 aromatic heterocycles. The molecule has 0 bridgehead atoms. The lowest BCUT2D eigenvalue weighted by atomic mass is 10.0. The van der Waals surface area contributed by atoms with Crippen LogP contribution in [0.2, 0.25) is 0 Å². The van der Waals surface area contributed by atoms with Gasteiger partial charge in [-0.1, -0.05) is 18.2 Å². The molecule has 0 aliphatic heterocycles. The van der Waals surface area contributed by atoms with Crippen molar-refractivity contribution in [1.29, 1.82) is 5.26 Å². The van der Waals surface area contributed by atoms with Gasteiger partial charge in [0.05, 0.1) is 12.7 Å². The number of methoxy groups -OCH3 is 1. The SMILES string of the molecule is COc1ccccc1-c1cn(CO)cc1C#N. The number of para-hydroxylation sites is 1. The molecule has 1 heterocycles. The Hall–Kier alpha value is -2.25. The average molecular weight is 228 g/mol. The Labute approximate surface area is 99.3 Å². The van der Waals surface area contributed by atoms with Crippen LogP contribution in [0.5, 0.6) is 5.75 Å². The number of benzene rings is 1. The van der Waals surface area contributed by atoms with E-state index in [1.165, 1.54) is 0 Å². The van der Waals surface area contributed by atoms with Gasteiger partial charge in [-0.15, -0.1) is 0 Å². The molecule has 0 fully saturated rings. The zero-order chi connectivity index (χ0) is 12.3. The highest BCUT2D eigenvalue weighted by molar-refractivity contribution is 5.75. The zero-order valence-electron chi connectivity index (χ0n) is 9.42. The number of hydrogen-bond donors (Lipinski definition) is 1. The maximum Gasteiger partial charge on any atom is 0.126 e. The van der Waals surface area contributed by atoms with E-state index < -0.39 is 0 Å². The summed E-state index contributed by atoms with van der Waals surface area (Å²) >= 11 is 0. The van der Waals surface area contributed by atoms with Crippen LogP contribution in [0.3, 0.4) is 0 Å². The maximum absolute atomic E-state index is 9.07. The molecule has 2 rings (SSSR count). The standard InChI is InChI=1S/C13H12N2O2/c1-17-13-5-3-2-4-11(13)12-8-15(9-16)7-10(12)6-14/h2-5,7-8,16H,9H2,1H3. The average Bonchev–Trinajstić information content (AvgIpc) is 2.81. The summed E-state index contributed by atoms with van der Waals surface area (Å²) in [5, 5.41) is 18.1. The van der Waals surface area contributed by atoms with Gasteiger partial charge in [-0.05, 0) is 6.07 Å². The highest BCUT2D eigenvalue weighted by atomic mass is 16.5. The maximum atomic E-state index is 9.07. The van der Waals surface area contributed by atoms with Gasteiger partial charge in [0, 0.05) is 23.5 Å². The first-order chi connectivity index (χ1) is 8.30. The van der Waals surface area contributed by atoms with Gasteiger partial charge in [-0.2, -0.15) is 5.26 Å². The second-order valence-electron chi connectivity index (χ2n) is 3.55. The zero-order valence-corrected chi connectivity index (χ0v) is 9.42. The molecule has 0 atom stereocenters. The molecule has 0 amide bonds. The van der Waals surface area contributed by atoms with Crippen molar-refractivity contribution in [1.82, 2.24) is 4.57 Å². The lowest BCUT2D eigenvalue weighted by Gasteiger charge is -2.06. The summed E-state index contributed by atoms with van der Waals surface area (Å²) < 4.78 is 6.82. The number of aliphatic hydroxyl groups excluding tert-OH is 1. The molecule has 2 aromatic rings. The lowest BCUT2D eigenvalue weighted by Crippen LogP contribution is -1.90. The fourth-order valence-corrected chi connectivity index (χ4v) is 1.76. The van der Waals surface area contributed by atoms with E-state index in [1.54, 1.807) is 24.1 Å². The summed E-state index contributed by atoms with van der Waals surface area (Å²) in [4.78, 5) is 0. The number of hydrogen-bond acceptors (Lipinski definition) is 3. The summed E-state index contributed by atoms with van der Waals surface area (Å²) in [6.45, 7) is -0.149.